The molecule has 1 heterocycles. The maximum Gasteiger partial charge on any atom is 0.100 e. The fourth-order valence-electron chi connectivity index (χ4n) is 1.78. The van der Waals surface area contributed by atoms with Gasteiger partial charge in [0.2, 0.25) is 0 Å². The highest BCUT2D eigenvalue weighted by molar-refractivity contribution is 7.84. The van der Waals surface area contributed by atoms with Crippen molar-refractivity contribution in [3.8, 4) is 0 Å². The van der Waals surface area contributed by atoms with Gasteiger partial charge in [-0.15, -0.1) is 0 Å². The van der Waals surface area contributed by atoms with Crippen LogP contribution in [0.2, 0.25) is 5.02 Å². The Balaban J connectivity index is 3.05. The Morgan fingerprint density at radius 1 is 1.47 bits per heavy atom. The summed E-state index contributed by atoms with van der Waals surface area (Å²) in [6, 6.07) is 1.84. The molecule has 0 saturated heterocycles. The minimum Gasteiger partial charge on any atom is -0.259 e. The first kappa shape index (κ1) is 16.6. The molecular weight excluding hydrogens is 280 g/mol. The highest BCUT2D eigenvalue weighted by Gasteiger charge is 2.29. The van der Waals surface area contributed by atoms with Gasteiger partial charge in [0.25, 0.3) is 0 Å². The van der Waals surface area contributed by atoms with Crippen molar-refractivity contribution in [3.05, 3.63) is 28.5 Å². The lowest BCUT2D eigenvalue weighted by Crippen LogP contribution is -2.39. The van der Waals surface area contributed by atoms with E-state index in [1.165, 1.54) is 0 Å². The lowest BCUT2D eigenvalue weighted by atomic mass is 10.2. The molecule has 0 bridgehead atoms. The van der Waals surface area contributed by atoms with Crippen LogP contribution >= 0.6 is 11.6 Å². The third-order valence-electron chi connectivity index (χ3n) is 2.97. The Kier molecular flexibility index (Phi) is 5.53. The van der Waals surface area contributed by atoms with E-state index in [4.69, 9.17) is 11.6 Å². The fraction of sp³-hybridized carbons (Fsp3) is 0.643. The van der Waals surface area contributed by atoms with E-state index in [0.29, 0.717) is 11.6 Å². The first-order valence-electron chi connectivity index (χ1n) is 6.49. The van der Waals surface area contributed by atoms with Crippen LogP contribution in [-0.4, -0.2) is 24.8 Å². The number of hydrogen-bond acceptors (Lipinski definition) is 2. The van der Waals surface area contributed by atoms with E-state index < -0.39 is 11.0 Å². The van der Waals surface area contributed by atoms with Crippen molar-refractivity contribution in [1.29, 1.82) is 0 Å². The minimum absolute atomic E-state index is 0.0249. The Morgan fingerprint density at radius 3 is 2.47 bits per heavy atom. The van der Waals surface area contributed by atoms with Crippen molar-refractivity contribution in [2.24, 2.45) is 0 Å². The summed E-state index contributed by atoms with van der Waals surface area (Å²) >= 11 is 6.14. The Bertz CT molecular complexity index is 471. The quantitative estimate of drug-likeness (QED) is 0.845. The Morgan fingerprint density at radius 2 is 2.05 bits per heavy atom. The molecule has 1 unspecified atom stereocenters. The van der Waals surface area contributed by atoms with E-state index in [2.05, 4.69) is 4.98 Å². The van der Waals surface area contributed by atoms with E-state index in [9.17, 15) is 4.21 Å². The molecule has 19 heavy (non-hydrogen) atoms. The van der Waals surface area contributed by atoms with E-state index in [-0.39, 0.29) is 10.8 Å². The van der Waals surface area contributed by atoms with Crippen LogP contribution in [0, 0.1) is 6.92 Å². The third-order valence-corrected chi connectivity index (χ3v) is 5.42. The molecule has 0 aliphatic carbocycles. The summed E-state index contributed by atoms with van der Waals surface area (Å²) in [5.41, 5.74) is 1.81. The zero-order valence-corrected chi connectivity index (χ0v) is 14.1. The van der Waals surface area contributed by atoms with E-state index in [1.807, 2.05) is 51.9 Å². The molecule has 0 radical (unpaired) electrons. The highest BCUT2D eigenvalue weighted by Crippen LogP contribution is 2.27. The molecule has 0 aromatic carbocycles. The Labute approximate surface area is 124 Å². The average Bonchev–Trinajstić information content (AvgIpc) is 2.32. The van der Waals surface area contributed by atoms with Crippen LogP contribution in [0.5, 0.6) is 0 Å². The SMILES string of the molecule is CCN([C@H](C)c1cc(Cl)c(C)cn1)S(=O)C(C)(C)C. The molecule has 0 aliphatic rings. The monoisotopic (exact) mass is 302 g/mol. The molecular formula is C14H23ClN2OS. The Hall–Kier alpha value is -0.450. The maximum atomic E-state index is 12.5. The van der Waals surface area contributed by atoms with Gasteiger partial charge >= 0.3 is 0 Å². The summed E-state index contributed by atoms with van der Waals surface area (Å²) < 4.78 is 14.2. The van der Waals surface area contributed by atoms with Crippen LogP contribution < -0.4 is 0 Å². The van der Waals surface area contributed by atoms with Crippen LogP contribution in [-0.2, 0) is 11.0 Å². The van der Waals surface area contributed by atoms with Crippen molar-refractivity contribution >= 4 is 22.6 Å². The van der Waals surface area contributed by atoms with Crippen molar-refractivity contribution in [2.45, 2.75) is 52.3 Å². The van der Waals surface area contributed by atoms with Gasteiger partial charge in [-0.25, -0.2) is 8.51 Å². The topological polar surface area (TPSA) is 33.2 Å². The van der Waals surface area contributed by atoms with E-state index in [1.54, 1.807) is 6.20 Å². The predicted molar refractivity (Wildman–Crippen MR) is 82.7 cm³/mol. The van der Waals surface area contributed by atoms with Gasteiger partial charge in [0.05, 0.1) is 16.5 Å². The molecule has 108 valence electrons. The molecule has 1 aromatic heterocycles. The number of pyridine rings is 1. The molecule has 0 aliphatic heterocycles. The number of hydrogen-bond donors (Lipinski definition) is 0. The summed E-state index contributed by atoms with van der Waals surface area (Å²) in [6.07, 6.45) is 1.77. The zero-order valence-electron chi connectivity index (χ0n) is 12.5. The van der Waals surface area contributed by atoms with Crippen LogP contribution in [0.4, 0.5) is 0 Å². The summed E-state index contributed by atoms with van der Waals surface area (Å²) in [4.78, 5) is 4.41. The zero-order chi connectivity index (χ0) is 14.8. The molecule has 1 aromatic rings. The summed E-state index contributed by atoms with van der Waals surface area (Å²) in [5.74, 6) is 0. The van der Waals surface area contributed by atoms with Crippen LogP contribution in [0.25, 0.3) is 0 Å². The lowest BCUT2D eigenvalue weighted by Gasteiger charge is -2.32. The second-order valence-electron chi connectivity index (χ2n) is 5.63. The molecule has 1 rings (SSSR count). The molecule has 5 heteroatoms. The fourth-order valence-corrected chi connectivity index (χ4v) is 3.27. The molecule has 0 saturated carbocycles. The molecule has 0 amide bonds. The van der Waals surface area contributed by atoms with Gasteiger partial charge in [-0.1, -0.05) is 18.5 Å². The molecule has 0 N–H and O–H groups in total. The van der Waals surface area contributed by atoms with Gasteiger partial charge in [0.1, 0.15) is 11.0 Å². The third kappa shape index (κ3) is 4.01. The molecule has 0 fully saturated rings. The van der Waals surface area contributed by atoms with E-state index in [0.717, 1.165) is 11.3 Å². The number of nitrogens with zero attached hydrogens (tertiary/aromatic N) is 2. The van der Waals surface area contributed by atoms with Crippen molar-refractivity contribution < 1.29 is 4.21 Å². The largest absolute Gasteiger partial charge is 0.259 e. The van der Waals surface area contributed by atoms with Crippen molar-refractivity contribution in [2.75, 3.05) is 6.54 Å². The van der Waals surface area contributed by atoms with Gasteiger partial charge < -0.3 is 0 Å². The maximum absolute atomic E-state index is 12.5. The van der Waals surface area contributed by atoms with E-state index >= 15 is 0 Å². The van der Waals surface area contributed by atoms with Crippen LogP contribution in [0.15, 0.2) is 12.3 Å². The molecule has 0 spiro atoms. The normalized spacial score (nSPS) is 15.6. The predicted octanol–water partition coefficient (Wildman–Crippen LogP) is 3.89. The van der Waals surface area contributed by atoms with Gasteiger partial charge in [-0.2, -0.15) is 0 Å². The highest BCUT2D eigenvalue weighted by atomic mass is 35.5. The summed E-state index contributed by atoms with van der Waals surface area (Å²) in [5, 5.41) is 0.703. The first-order chi connectivity index (χ1) is 8.68. The second kappa shape index (κ2) is 6.33. The van der Waals surface area contributed by atoms with Gasteiger partial charge in [-0.3, -0.25) is 4.98 Å². The van der Waals surface area contributed by atoms with Crippen molar-refractivity contribution in [1.82, 2.24) is 9.29 Å². The average molecular weight is 303 g/mol. The number of aryl methyl sites for hydroxylation is 1. The standard InChI is InChI=1S/C14H23ClN2OS/c1-7-17(19(18)14(4,5)6)11(3)13-8-12(15)10(2)9-16-13/h8-9,11H,7H2,1-6H3/t11-,19?/m1/s1. The van der Waals surface area contributed by atoms with Gasteiger partial charge in [0, 0.05) is 17.8 Å². The number of rotatable bonds is 4. The van der Waals surface area contributed by atoms with Crippen LogP contribution in [0.1, 0.15) is 51.9 Å². The smallest absolute Gasteiger partial charge is 0.100 e. The number of aromatic nitrogens is 1. The first-order valence-corrected chi connectivity index (χ1v) is 7.97. The van der Waals surface area contributed by atoms with Gasteiger partial charge in [0.15, 0.2) is 0 Å². The molecule has 3 nitrogen and oxygen atoms in total. The minimum atomic E-state index is -1.07. The summed E-state index contributed by atoms with van der Waals surface area (Å²) in [7, 11) is -1.07. The second-order valence-corrected chi connectivity index (χ2v) is 8.23. The summed E-state index contributed by atoms with van der Waals surface area (Å²) in [6.45, 7) is 12.6. The lowest BCUT2D eigenvalue weighted by molar-refractivity contribution is 0.366. The van der Waals surface area contributed by atoms with Crippen LogP contribution in [0.3, 0.4) is 0 Å². The van der Waals surface area contributed by atoms with Crippen molar-refractivity contribution in [3.63, 3.8) is 0 Å². The van der Waals surface area contributed by atoms with Gasteiger partial charge in [-0.05, 0) is 46.2 Å². The molecule has 2 atom stereocenters. The number of halogens is 1.